The minimum absolute atomic E-state index is 0.00671. The van der Waals surface area contributed by atoms with Crippen molar-refractivity contribution in [2.24, 2.45) is 10.4 Å². The molecule has 10 nitrogen and oxygen atoms in total. The Balaban J connectivity index is 1.59. The third-order valence-electron chi connectivity index (χ3n) is 6.79. The van der Waals surface area contributed by atoms with E-state index < -0.39 is 70.7 Å². The van der Waals surface area contributed by atoms with Crippen LogP contribution in [0.15, 0.2) is 59.7 Å². The summed E-state index contributed by atoms with van der Waals surface area (Å²) in [5.74, 6) is -13.7. The summed E-state index contributed by atoms with van der Waals surface area (Å²) >= 11 is 0. The van der Waals surface area contributed by atoms with Crippen molar-refractivity contribution in [3.63, 3.8) is 0 Å². The molecule has 0 saturated carbocycles. The highest BCUT2D eigenvalue weighted by Crippen LogP contribution is 2.29. The zero-order chi connectivity index (χ0) is 33.9. The van der Waals surface area contributed by atoms with Gasteiger partial charge in [0.05, 0.1) is 23.6 Å². The predicted molar refractivity (Wildman–Crippen MR) is 154 cm³/mol. The minimum atomic E-state index is -3.09. The smallest absolute Gasteiger partial charge is 0.316 e. The number of rotatable bonds is 9. The number of halogens is 5. The number of benzene rings is 2. The second-order valence-electron chi connectivity index (χ2n) is 11.2. The van der Waals surface area contributed by atoms with E-state index in [1.807, 2.05) is 5.32 Å². The zero-order valence-corrected chi connectivity index (χ0v) is 24.9. The van der Waals surface area contributed by atoms with Gasteiger partial charge in [-0.2, -0.15) is 8.78 Å². The molecule has 4 rings (SSSR count). The fraction of sp³-hybridized carbons (Fsp3) is 0.290. The van der Waals surface area contributed by atoms with Crippen LogP contribution in [0.4, 0.5) is 27.6 Å². The number of Topliss-reactive ketones (excluding diaryl/α,β-unsaturated/α-hetero) is 1. The Morgan fingerprint density at radius 2 is 1.65 bits per heavy atom. The fourth-order valence-electron chi connectivity index (χ4n) is 4.18. The Bertz CT molecular complexity index is 1710. The number of anilines is 1. The van der Waals surface area contributed by atoms with Gasteiger partial charge in [-0.3, -0.25) is 24.2 Å². The number of fused-ring (bicyclic) bond motifs is 1. The molecule has 46 heavy (non-hydrogen) atoms. The van der Waals surface area contributed by atoms with Gasteiger partial charge in [0, 0.05) is 23.2 Å². The number of hydrogen-bond donors (Lipinski definition) is 2. The average molecular weight is 646 g/mol. The normalized spacial score (nSPS) is 16.0. The molecule has 0 bridgehead atoms. The molecule has 2 unspecified atom stereocenters. The molecule has 0 aliphatic carbocycles. The van der Waals surface area contributed by atoms with Crippen LogP contribution < -0.4 is 20.3 Å². The van der Waals surface area contributed by atoms with Crippen molar-refractivity contribution < 1.29 is 45.9 Å². The van der Waals surface area contributed by atoms with Crippen LogP contribution in [-0.2, 0) is 19.2 Å². The lowest BCUT2D eigenvalue weighted by Gasteiger charge is -2.28. The van der Waals surface area contributed by atoms with E-state index in [2.05, 4.69) is 20.0 Å². The van der Waals surface area contributed by atoms with Crippen LogP contribution in [-0.4, -0.2) is 59.3 Å². The number of ketones is 1. The van der Waals surface area contributed by atoms with Gasteiger partial charge in [0.15, 0.2) is 23.2 Å². The van der Waals surface area contributed by atoms with Gasteiger partial charge in [0.2, 0.25) is 23.7 Å². The number of pyridine rings is 1. The number of carbonyl (C=O) groups excluding carboxylic acids is 4. The van der Waals surface area contributed by atoms with E-state index >= 15 is 0 Å². The molecule has 2 heterocycles. The van der Waals surface area contributed by atoms with E-state index in [0.717, 1.165) is 6.92 Å². The van der Waals surface area contributed by atoms with E-state index in [0.29, 0.717) is 16.9 Å². The summed E-state index contributed by atoms with van der Waals surface area (Å²) in [6.07, 6.45) is -3.24. The fourth-order valence-corrected chi connectivity index (χ4v) is 4.18. The number of amides is 3. The second kappa shape index (κ2) is 13.4. The first kappa shape index (κ1) is 33.7. The molecule has 3 aromatic rings. The number of alkyl halides is 1. The Morgan fingerprint density at radius 1 is 0.978 bits per heavy atom. The number of ether oxygens (including phenoxy) is 1. The third-order valence-corrected chi connectivity index (χ3v) is 6.79. The van der Waals surface area contributed by atoms with Gasteiger partial charge in [0.1, 0.15) is 6.04 Å². The number of aromatic nitrogens is 1. The number of nitrogens with zero attached hydrogens (tertiary/aromatic N) is 3. The largest absolute Gasteiger partial charge is 0.448 e. The Kier molecular flexibility index (Phi) is 9.83. The molecule has 1 aliphatic rings. The van der Waals surface area contributed by atoms with Crippen molar-refractivity contribution >= 4 is 34.9 Å². The molecule has 0 fully saturated rings. The zero-order valence-electron chi connectivity index (χ0n) is 24.9. The van der Waals surface area contributed by atoms with Crippen molar-refractivity contribution in [3.05, 3.63) is 89.3 Å². The molecule has 0 radical (unpaired) electrons. The topological polar surface area (TPSA) is 130 Å². The number of aliphatic imine (C=N–C) groups is 1. The highest BCUT2D eigenvalue weighted by Gasteiger charge is 2.37. The van der Waals surface area contributed by atoms with Crippen LogP contribution >= 0.6 is 0 Å². The molecule has 3 atom stereocenters. The summed E-state index contributed by atoms with van der Waals surface area (Å²) in [6.45, 7) is 5.79. The van der Waals surface area contributed by atoms with Crippen LogP contribution in [0.3, 0.4) is 0 Å². The molecule has 1 aliphatic heterocycles. The second-order valence-corrected chi connectivity index (χ2v) is 11.2. The SMILES string of the molecule is C[C@H](NC(=O)C(F)Oc1cc(F)c(F)c(F)c1F)C(=O)NC1N=C(c2ccccn2)c2ccccc2N(CC(=O)C(C)(C)C)C1=O. The standard InChI is InChI=1S/C31H28F5N5O5/c1-15(38-29(44)26(36)46-20-13-17(32)22(33)24(35)23(20)34)28(43)40-27-30(45)41(14-21(42)31(2,3)4)19-11-6-5-9-16(19)25(39-27)18-10-7-8-12-37-18/h5-13,15,26-27H,14H2,1-4H3,(H,38,44)(H,40,43)/t15-,26?,27?/m0/s1. The van der Waals surface area contributed by atoms with Crippen molar-refractivity contribution in [2.45, 2.75) is 46.3 Å². The maximum atomic E-state index is 14.5. The number of para-hydroxylation sites is 1. The molecule has 2 aromatic carbocycles. The first-order valence-electron chi connectivity index (χ1n) is 13.8. The van der Waals surface area contributed by atoms with Gasteiger partial charge >= 0.3 is 6.36 Å². The lowest BCUT2D eigenvalue weighted by molar-refractivity contribution is -0.139. The quantitative estimate of drug-likeness (QED) is 0.207. The van der Waals surface area contributed by atoms with E-state index in [9.17, 15) is 41.1 Å². The number of hydrogen-bond acceptors (Lipinski definition) is 7. The van der Waals surface area contributed by atoms with Gasteiger partial charge in [-0.15, -0.1) is 0 Å². The molecule has 1 aromatic heterocycles. The summed E-state index contributed by atoms with van der Waals surface area (Å²) in [5.41, 5.74) is 0.475. The van der Waals surface area contributed by atoms with Crippen LogP contribution in [0.1, 0.15) is 39.0 Å². The highest BCUT2D eigenvalue weighted by atomic mass is 19.2. The molecular weight excluding hydrogens is 617 g/mol. The van der Waals surface area contributed by atoms with Gasteiger partial charge in [-0.1, -0.05) is 45.0 Å². The monoisotopic (exact) mass is 645 g/mol. The Labute approximate surface area is 259 Å². The Morgan fingerprint density at radius 3 is 2.30 bits per heavy atom. The van der Waals surface area contributed by atoms with Gasteiger partial charge in [-0.05, 0) is 25.1 Å². The van der Waals surface area contributed by atoms with Gasteiger partial charge in [-0.25, -0.2) is 18.2 Å². The summed E-state index contributed by atoms with van der Waals surface area (Å²) in [5, 5.41) is 4.30. The summed E-state index contributed by atoms with van der Waals surface area (Å²) < 4.78 is 72.8. The molecular formula is C31H28F5N5O5. The van der Waals surface area contributed by atoms with Crippen molar-refractivity contribution in [1.29, 1.82) is 0 Å². The van der Waals surface area contributed by atoms with Crippen LogP contribution in [0, 0.1) is 28.7 Å². The number of nitrogens with one attached hydrogen (secondary N) is 2. The first-order chi connectivity index (χ1) is 21.6. The number of carbonyl (C=O) groups is 4. The van der Waals surface area contributed by atoms with Crippen molar-refractivity contribution in [2.75, 3.05) is 11.4 Å². The summed E-state index contributed by atoms with van der Waals surface area (Å²) in [4.78, 5) is 62.4. The molecule has 0 spiro atoms. The van der Waals surface area contributed by atoms with Crippen LogP contribution in [0.2, 0.25) is 0 Å². The highest BCUT2D eigenvalue weighted by molar-refractivity contribution is 6.20. The molecule has 0 saturated heterocycles. The van der Waals surface area contributed by atoms with E-state index in [4.69, 9.17) is 0 Å². The van der Waals surface area contributed by atoms with Crippen LogP contribution in [0.25, 0.3) is 0 Å². The van der Waals surface area contributed by atoms with Crippen LogP contribution in [0.5, 0.6) is 5.75 Å². The van der Waals surface area contributed by atoms with Gasteiger partial charge < -0.3 is 20.3 Å². The van der Waals surface area contributed by atoms with E-state index in [1.165, 1.54) is 11.1 Å². The molecule has 2 N–H and O–H groups in total. The first-order valence-corrected chi connectivity index (χ1v) is 13.8. The predicted octanol–water partition coefficient (Wildman–Crippen LogP) is 3.76. The van der Waals surface area contributed by atoms with Crippen molar-refractivity contribution in [3.8, 4) is 5.75 Å². The summed E-state index contributed by atoms with van der Waals surface area (Å²) in [6, 6.07) is 10.0. The third kappa shape index (κ3) is 7.19. The maximum Gasteiger partial charge on any atom is 0.316 e. The molecule has 3 amide bonds. The lowest BCUT2D eigenvalue weighted by Crippen LogP contribution is -2.54. The summed E-state index contributed by atoms with van der Waals surface area (Å²) in [7, 11) is 0. The van der Waals surface area contributed by atoms with Gasteiger partial charge in [0.25, 0.3) is 11.8 Å². The van der Waals surface area contributed by atoms with E-state index in [1.54, 1.807) is 63.2 Å². The van der Waals surface area contributed by atoms with E-state index in [-0.39, 0.29) is 24.1 Å². The minimum Gasteiger partial charge on any atom is -0.448 e. The lowest BCUT2D eigenvalue weighted by atomic mass is 9.90. The molecule has 242 valence electrons. The Hall–Kier alpha value is -5.21. The molecule has 15 heteroatoms. The number of benzodiazepines with no additional fused rings is 1. The maximum absolute atomic E-state index is 14.5. The average Bonchev–Trinajstić information content (AvgIpc) is 3.13. The van der Waals surface area contributed by atoms with Crippen molar-refractivity contribution in [1.82, 2.24) is 15.6 Å².